The summed E-state index contributed by atoms with van der Waals surface area (Å²) >= 11 is 3.60. The Kier molecular flexibility index (Phi) is 5.77. The van der Waals surface area contributed by atoms with Crippen LogP contribution in [0.4, 0.5) is 0 Å². The Morgan fingerprint density at radius 1 is 1.67 bits per heavy atom. The van der Waals surface area contributed by atoms with E-state index in [2.05, 4.69) is 25.2 Å². The van der Waals surface area contributed by atoms with Crippen molar-refractivity contribution in [2.75, 3.05) is 11.5 Å². The van der Waals surface area contributed by atoms with Gasteiger partial charge in [-0.15, -0.1) is 11.3 Å². The Morgan fingerprint density at radius 2 is 2.47 bits per heavy atom. The summed E-state index contributed by atoms with van der Waals surface area (Å²) in [7, 11) is 0. The number of thiophene rings is 1. The van der Waals surface area contributed by atoms with E-state index in [1.165, 1.54) is 10.6 Å². The largest absolute Gasteiger partial charge is 0.309 e. The van der Waals surface area contributed by atoms with Gasteiger partial charge in [-0.3, -0.25) is 0 Å². The van der Waals surface area contributed by atoms with E-state index < -0.39 is 0 Å². The second-order valence-corrected chi connectivity index (χ2v) is 5.67. The van der Waals surface area contributed by atoms with Crippen molar-refractivity contribution in [3.05, 3.63) is 21.9 Å². The van der Waals surface area contributed by atoms with Crippen molar-refractivity contribution < 1.29 is 0 Å². The van der Waals surface area contributed by atoms with Gasteiger partial charge in [-0.2, -0.15) is 17.0 Å². The van der Waals surface area contributed by atoms with Crippen LogP contribution in [0.5, 0.6) is 0 Å². The molecule has 4 heteroatoms. The molecule has 0 aliphatic carbocycles. The molecule has 1 heterocycles. The first kappa shape index (κ1) is 12.6. The number of hydrogen-bond donors (Lipinski definition) is 1. The maximum atomic E-state index is 8.68. The van der Waals surface area contributed by atoms with Crippen LogP contribution in [0.1, 0.15) is 24.3 Å². The fraction of sp³-hybridized carbons (Fsp3) is 0.545. The molecule has 1 aromatic rings. The molecule has 0 bridgehead atoms. The average Bonchev–Trinajstić information content (AvgIpc) is 2.71. The van der Waals surface area contributed by atoms with Gasteiger partial charge in [-0.05, 0) is 18.7 Å². The van der Waals surface area contributed by atoms with Crippen LogP contribution in [0.15, 0.2) is 11.4 Å². The highest BCUT2D eigenvalue weighted by molar-refractivity contribution is 7.99. The molecule has 0 aliphatic rings. The number of rotatable bonds is 6. The Bertz CT molecular complexity index is 328. The van der Waals surface area contributed by atoms with Gasteiger partial charge in [0.25, 0.3) is 0 Å². The highest BCUT2D eigenvalue weighted by Gasteiger charge is 2.03. The lowest BCUT2D eigenvalue weighted by molar-refractivity contribution is 0.600. The predicted molar refractivity (Wildman–Crippen MR) is 68.3 cm³/mol. The summed E-state index contributed by atoms with van der Waals surface area (Å²) in [4.78, 5) is 1.24. The quantitative estimate of drug-likeness (QED) is 0.830. The number of hydrogen-bond acceptors (Lipinski definition) is 4. The summed E-state index contributed by atoms with van der Waals surface area (Å²) in [6.45, 7) is 5.25. The maximum Gasteiger partial charge on any atom is 0.100 e. The van der Waals surface area contributed by atoms with Gasteiger partial charge in [-0.1, -0.05) is 6.92 Å². The molecule has 1 N–H and O–H groups in total. The van der Waals surface area contributed by atoms with Crippen molar-refractivity contribution in [3.8, 4) is 6.07 Å². The number of nitrogens with one attached hydrogen (secondary N) is 1. The summed E-state index contributed by atoms with van der Waals surface area (Å²) in [6, 6.07) is 4.63. The molecule has 0 saturated heterocycles. The molecule has 0 aliphatic heterocycles. The minimum absolute atomic E-state index is 0.530. The lowest BCUT2D eigenvalue weighted by Crippen LogP contribution is -2.27. The molecule has 1 atom stereocenters. The monoisotopic (exact) mass is 240 g/mol. The van der Waals surface area contributed by atoms with Crippen LogP contribution >= 0.6 is 23.1 Å². The molecular weight excluding hydrogens is 224 g/mol. The third kappa shape index (κ3) is 4.70. The Labute approximate surface area is 99.7 Å². The first-order valence-electron chi connectivity index (χ1n) is 5.05. The SMILES string of the molecule is CCSCC(C)NCc1cc(C#N)cs1. The van der Waals surface area contributed by atoms with Gasteiger partial charge in [0.1, 0.15) is 6.07 Å². The second-order valence-electron chi connectivity index (χ2n) is 3.35. The van der Waals surface area contributed by atoms with Crippen LogP contribution < -0.4 is 5.32 Å². The fourth-order valence-electron chi connectivity index (χ4n) is 1.16. The lowest BCUT2D eigenvalue weighted by Gasteiger charge is -2.11. The van der Waals surface area contributed by atoms with Gasteiger partial charge >= 0.3 is 0 Å². The van der Waals surface area contributed by atoms with E-state index in [4.69, 9.17) is 5.26 Å². The molecule has 0 radical (unpaired) electrons. The first-order valence-corrected chi connectivity index (χ1v) is 7.08. The van der Waals surface area contributed by atoms with Gasteiger partial charge in [-0.25, -0.2) is 0 Å². The normalized spacial score (nSPS) is 12.3. The van der Waals surface area contributed by atoms with Crippen LogP contribution in [0.3, 0.4) is 0 Å². The van der Waals surface area contributed by atoms with Crippen LogP contribution in [-0.4, -0.2) is 17.5 Å². The van der Waals surface area contributed by atoms with Crippen LogP contribution in [0.25, 0.3) is 0 Å². The zero-order valence-electron chi connectivity index (χ0n) is 9.12. The zero-order chi connectivity index (χ0) is 11.1. The zero-order valence-corrected chi connectivity index (χ0v) is 10.8. The molecular formula is C11H16N2S2. The summed E-state index contributed by atoms with van der Waals surface area (Å²) in [5, 5.41) is 14.0. The summed E-state index contributed by atoms with van der Waals surface area (Å²) in [5.41, 5.74) is 0.771. The molecule has 0 amide bonds. The average molecular weight is 240 g/mol. The minimum atomic E-state index is 0.530. The van der Waals surface area contributed by atoms with Gasteiger partial charge in [0, 0.05) is 28.6 Å². The van der Waals surface area contributed by atoms with Crippen molar-refractivity contribution in [2.24, 2.45) is 0 Å². The van der Waals surface area contributed by atoms with E-state index in [-0.39, 0.29) is 0 Å². The van der Waals surface area contributed by atoms with Crippen molar-refractivity contribution in [2.45, 2.75) is 26.4 Å². The first-order chi connectivity index (χ1) is 7.26. The molecule has 0 saturated carbocycles. The molecule has 0 spiro atoms. The molecule has 0 fully saturated rings. The molecule has 0 aromatic carbocycles. The third-order valence-electron chi connectivity index (χ3n) is 1.98. The van der Waals surface area contributed by atoms with Crippen molar-refractivity contribution in [3.63, 3.8) is 0 Å². The Balaban J connectivity index is 2.27. The molecule has 1 rings (SSSR count). The van der Waals surface area contributed by atoms with Crippen LogP contribution in [0, 0.1) is 11.3 Å². The third-order valence-corrected chi connectivity index (χ3v) is 4.06. The number of nitriles is 1. The minimum Gasteiger partial charge on any atom is -0.309 e. The molecule has 2 nitrogen and oxygen atoms in total. The van der Waals surface area contributed by atoms with Crippen molar-refractivity contribution >= 4 is 23.1 Å². The standard InChI is InChI=1S/C11H16N2S2/c1-3-14-7-9(2)13-6-11-4-10(5-12)8-15-11/h4,8-9,13H,3,6-7H2,1-2H3. The van der Waals surface area contributed by atoms with E-state index in [1.54, 1.807) is 11.3 Å². The van der Waals surface area contributed by atoms with Gasteiger partial charge in [0.15, 0.2) is 0 Å². The van der Waals surface area contributed by atoms with E-state index in [1.807, 2.05) is 23.2 Å². The topological polar surface area (TPSA) is 35.8 Å². The second kappa shape index (κ2) is 6.89. The summed E-state index contributed by atoms with van der Waals surface area (Å²) < 4.78 is 0. The molecule has 15 heavy (non-hydrogen) atoms. The lowest BCUT2D eigenvalue weighted by atomic mass is 10.3. The molecule has 1 unspecified atom stereocenters. The predicted octanol–water partition coefficient (Wildman–Crippen LogP) is 2.85. The van der Waals surface area contributed by atoms with E-state index in [0.717, 1.165) is 17.9 Å². The van der Waals surface area contributed by atoms with Crippen molar-refractivity contribution in [1.29, 1.82) is 5.26 Å². The van der Waals surface area contributed by atoms with Crippen LogP contribution in [0.2, 0.25) is 0 Å². The van der Waals surface area contributed by atoms with Gasteiger partial charge in [0.2, 0.25) is 0 Å². The fourth-order valence-corrected chi connectivity index (χ4v) is 2.63. The smallest absolute Gasteiger partial charge is 0.100 e. The van der Waals surface area contributed by atoms with E-state index in [0.29, 0.717) is 6.04 Å². The number of thioether (sulfide) groups is 1. The van der Waals surface area contributed by atoms with E-state index >= 15 is 0 Å². The number of nitrogens with zero attached hydrogens (tertiary/aromatic N) is 1. The Hall–Kier alpha value is -0.500. The molecule has 1 aromatic heterocycles. The van der Waals surface area contributed by atoms with Gasteiger partial charge < -0.3 is 5.32 Å². The highest BCUT2D eigenvalue weighted by atomic mass is 32.2. The van der Waals surface area contributed by atoms with Crippen LogP contribution in [-0.2, 0) is 6.54 Å². The molecule has 82 valence electrons. The van der Waals surface area contributed by atoms with E-state index in [9.17, 15) is 0 Å². The van der Waals surface area contributed by atoms with Crippen molar-refractivity contribution in [1.82, 2.24) is 5.32 Å². The Morgan fingerprint density at radius 3 is 3.07 bits per heavy atom. The maximum absolute atomic E-state index is 8.68. The van der Waals surface area contributed by atoms with Gasteiger partial charge in [0.05, 0.1) is 5.56 Å². The summed E-state index contributed by atoms with van der Waals surface area (Å²) in [6.07, 6.45) is 0. The summed E-state index contributed by atoms with van der Waals surface area (Å²) in [5.74, 6) is 2.32. The highest BCUT2D eigenvalue weighted by Crippen LogP contribution is 2.13.